The number of esters is 1. The van der Waals surface area contributed by atoms with Crippen LogP contribution >= 0.6 is 15.9 Å². The highest BCUT2D eigenvalue weighted by molar-refractivity contribution is 9.10. The van der Waals surface area contributed by atoms with Gasteiger partial charge in [-0.15, -0.1) is 0 Å². The number of hydrogen-bond donors (Lipinski definition) is 0. The van der Waals surface area contributed by atoms with Crippen molar-refractivity contribution in [3.63, 3.8) is 0 Å². The highest BCUT2D eigenvalue weighted by atomic mass is 79.9. The Balaban J connectivity index is 2.11. The minimum absolute atomic E-state index is 0.109. The summed E-state index contributed by atoms with van der Waals surface area (Å²) in [6.45, 7) is 1.76. The van der Waals surface area contributed by atoms with Crippen LogP contribution in [0.15, 0.2) is 39.2 Å². The maximum atomic E-state index is 13.1. The standard InChI is InChI=1S/C14H12BrFO4/c1-8(12-5-6-13(20-12)14(17)18-2)19-9-3-4-11(16)10(15)7-9/h3-8H,1-2H3. The number of rotatable bonds is 4. The molecule has 4 nitrogen and oxygen atoms in total. The number of ether oxygens (including phenoxy) is 2. The van der Waals surface area contributed by atoms with Crippen LogP contribution in [0.25, 0.3) is 0 Å². The normalized spacial score (nSPS) is 12.0. The molecule has 1 unspecified atom stereocenters. The molecular weight excluding hydrogens is 331 g/mol. The molecule has 1 atom stereocenters. The highest BCUT2D eigenvalue weighted by Crippen LogP contribution is 2.27. The van der Waals surface area contributed by atoms with Crippen molar-refractivity contribution >= 4 is 21.9 Å². The third-order valence-corrected chi connectivity index (χ3v) is 3.23. The molecule has 0 aliphatic carbocycles. The predicted octanol–water partition coefficient (Wildman–Crippen LogP) is 4.11. The quantitative estimate of drug-likeness (QED) is 0.784. The van der Waals surface area contributed by atoms with Gasteiger partial charge in [-0.25, -0.2) is 9.18 Å². The Hall–Kier alpha value is -1.82. The van der Waals surface area contributed by atoms with Gasteiger partial charge in [0, 0.05) is 0 Å². The van der Waals surface area contributed by atoms with Crippen LogP contribution in [-0.2, 0) is 4.74 Å². The molecule has 20 heavy (non-hydrogen) atoms. The number of carbonyl (C=O) groups excluding carboxylic acids is 1. The summed E-state index contributed by atoms with van der Waals surface area (Å²) in [6, 6.07) is 7.49. The molecule has 0 bridgehead atoms. The number of hydrogen-bond acceptors (Lipinski definition) is 4. The van der Waals surface area contributed by atoms with Crippen LogP contribution < -0.4 is 4.74 Å². The fourth-order valence-corrected chi connectivity index (χ4v) is 1.95. The van der Waals surface area contributed by atoms with Gasteiger partial charge in [0.1, 0.15) is 17.3 Å². The Morgan fingerprint density at radius 1 is 1.35 bits per heavy atom. The van der Waals surface area contributed by atoms with E-state index in [1.54, 1.807) is 13.0 Å². The molecule has 106 valence electrons. The Bertz CT molecular complexity index is 623. The van der Waals surface area contributed by atoms with E-state index in [4.69, 9.17) is 9.15 Å². The lowest BCUT2D eigenvalue weighted by atomic mass is 10.3. The van der Waals surface area contributed by atoms with Crippen molar-refractivity contribution in [2.45, 2.75) is 13.0 Å². The van der Waals surface area contributed by atoms with Crippen LogP contribution in [0.1, 0.15) is 29.3 Å². The van der Waals surface area contributed by atoms with Gasteiger partial charge in [-0.2, -0.15) is 0 Å². The predicted molar refractivity (Wildman–Crippen MR) is 73.2 cm³/mol. The fraction of sp³-hybridized carbons (Fsp3) is 0.214. The van der Waals surface area contributed by atoms with Crippen LogP contribution in [0, 0.1) is 5.82 Å². The number of halogens is 2. The summed E-state index contributed by atoms with van der Waals surface area (Å²) in [6.07, 6.45) is -0.425. The van der Waals surface area contributed by atoms with Gasteiger partial charge in [0.15, 0.2) is 6.10 Å². The summed E-state index contributed by atoms with van der Waals surface area (Å²) in [4.78, 5) is 11.3. The number of furan rings is 1. The first-order valence-electron chi connectivity index (χ1n) is 5.81. The smallest absolute Gasteiger partial charge is 0.373 e. The lowest BCUT2D eigenvalue weighted by Crippen LogP contribution is -2.03. The Labute approximate surface area is 123 Å². The van der Waals surface area contributed by atoms with Gasteiger partial charge in [-0.05, 0) is 53.2 Å². The van der Waals surface area contributed by atoms with E-state index >= 15 is 0 Å². The van der Waals surface area contributed by atoms with E-state index in [1.807, 2.05) is 0 Å². The van der Waals surface area contributed by atoms with Gasteiger partial charge in [0.25, 0.3) is 0 Å². The number of benzene rings is 1. The van der Waals surface area contributed by atoms with Gasteiger partial charge in [-0.1, -0.05) is 0 Å². The van der Waals surface area contributed by atoms with Crippen molar-refractivity contribution < 1.29 is 23.1 Å². The summed E-state index contributed by atoms with van der Waals surface area (Å²) in [5.41, 5.74) is 0. The molecule has 0 saturated carbocycles. The fourth-order valence-electron chi connectivity index (χ4n) is 1.59. The maximum absolute atomic E-state index is 13.1. The zero-order valence-corrected chi connectivity index (χ0v) is 12.4. The summed E-state index contributed by atoms with van der Waals surface area (Å²) in [5.74, 6) is 0.162. The molecule has 0 fully saturated rings. The molecule has 2 rings (SSSR count). The van der Waals surface area contributed by atoms with E-state index in [9.17, 15) is 9.18 Å². The third kappa shape index (κ3) is 3.19. The number of methoxy groups -OCH3 is 1. The molecule has 0 N–H and O–H groups in total. The minimum Gasteiger partial charge on any atom is -0.483 e. The largest absolute Gasteiger partial charge is 0.483 e. The van der Waals surface area contributed by atoms with Gasteiger partial charge < -0.3 is 13.9 Å². The molecule has 0 radical (unpaired) electrons. The second-order valence-electron chi connectivity index (χ2n) is 4.03. The molecular formula is C14H12BrFO4. The first-order chi connectivity index (χ1) is 9.51. The zero-order chi connectivity index (χ0) is 14.7. The van der Waals surface area contributed by atoms with Crippen molar-refractivity contribution in [2.24, 2.45) is 0 Å². The van der Waals surface area contributed by atoms with Crippen LogP contribution in [-0.4, -0.2) is 13.1 Å². The van der Waals surface area contributed by atoms with E-state index in [1.165, 1.54) is 31.4 Å². The molecule has 6 heteroatoms. The monoisotopic (exact) mass is 342 g/mol. The van der Waals surface area contributed by atoms with Crippen molar-refractivity contribution in [3.8, 4) is 5.75 Å². The van der Waals surface area contributed by atoms with Gasteiger partial charge in [0.2, 0.25) is 5.76 Å². The number of carbonyl (C=O) groups is 1. The van der Waals surface area contributed by atoms with Gasteiger partial charge in [0.05, 0.1) is 11.6 Å². The van der Waals surface area contributed by atoms with E-state index in [2.05, 4.69) is 20.7 Å². The molecule has 0 saturated heterocycles. The second kappa shape index (κ2) is 6.09. The van der Waals surface area contributed by atoms with E-state index < -0.39 is 12.1 Å². The highest BCUT2D eigenvalue weighted by Gasteiger charge is 2.16. The van der Waals surface area contributed by atoms with Crippen molar-refractivity contribution in [3.05, 3.63) is 52.1 Å². The molecule has 1 aromatic carbocycles. The van der Waals surface area contributed by atoms with Crippen LogP contribution in [0.4, 0.5) is 4.39 Å². The van der Waals surface area contributed by atoms with Crippen LogP contribution in [0.3, 0.4) is 0 Å². The van der Waals surface area contributed by atoms with E-state index in [0.29, 0.717) is 16.0 Å². The summed E-state index contributed by atoms with van der Waals surface area (Å²) >= 11 is 3.09. The zero-order valence-electron chi connectivity index (χ0n) is 10.9. The molecule has 0 amide bonds. The summed E-state index contributed by atoms with van der Waals surface area (Å²) in [7, 11) is 1.28. The lowest BCUT2D eigenvalue weighted by molar-refractivity contribution is 0.0558. The first kappa shape index (κ1) is 14.6. The Morgan fingerprint density at radius 2 is 2.10 bits per heavy atom. The minimum atomic E-state index is -0.548. The topological polar surface area (TPSA) is 48.7 Å². The molecule has 1 heterocycles. The lowest BCUT2D eigenvalue weighted by Gasteiger charge is -2.12. The molecule has 0 aliphatic heterocycles. The van der Waals surface area contributed by atoms with Crippen molar-refractivity contribution in [1.29, 1.82) is 0 Å². The molecule has 2 aromatic rings. The average molecular weight is 343 g/mol. The van der Waals surface area contributed by atoms with Crippen LogP contribution in [0.5, 0.6) is 5.75 Å². The van der Waals surface area contributed by atoms with Gasteiger partial charge in [-0.3, -0.25) is 0 Å². The van der Waals surface area contributed by atoms with Crippen molar-refractivity contribution in [2.75, 3.05) is 7.11 Å². The average Bonchev–Trinajstić information content (AvgIpc) is 2.92. The molecule has 0 aliphatic rings. The Morgan fingerprint density at radius 3 is 2.75 bits per heavy atom. The maximum Gasteiger partial charge on any atom is 0.373 e. The van der Waals surface area contributed by atoms with Gasteiger partial charge >= 0.3 is 5.97 Å². The van der Waals surface area contributed by atoms with E-state index in [-0.39, 0.29) is 11.6 Å². The Kier molecular flexibility index (Phi) is 4.44. The van der Waals surface area contributed by atoms with Crippen molar-refractivity contribution in [1.82, 2.24) is 0 Å². The summed E-state index contributed by atoms with van der Waals surface area (Å²) < 4.78 is 28.9. The first-order valence-corrected chi connectivity index (χ1v) is 6.60. The van der Waals surface area contributed by atoms with Crippen LogP contribution in [0.2, 0.25) is 0 Å². The molecule has 1 aromatic heterocycles. The second-order valence-corrected chi connectivity index (χ2v) is 4.88. The summed E-state index contributed by atoms with van der Waals surface area (Å²) in [5, 5.41) is 0. The molecule has 0 spiro atoms. The SMILES string of the molecule is COC(=O)c1ccc(C(C)Oc2ccc(F)c(Br)c2)o1. The third-order valence-electron chi connectivity index (χ3n) is 2.62. The van der Waals surface area contributed by atoms with E-state index in [0.717, 1.165) is 0 Å².